The molecule has 2 rings (SSSR count). The number of nitrogen functional groups attached to an aromatic ring is 1. The molecule has 0 aliphatic carbocycles. The molecular weight excluding hydrogens is 292 g/mol. The maximum Gasteiger partial charge on any atom is 0.124 e. The summed E-state index contributed by atoms with van der Waals surface area (Å²) in [6.07, 6.45) is 0. The number of rotatable bonds is 3. The van der Waals surface area contributed by atoms with Crippen molar-refractivity contribution in [1.82, 2.24) is 0 Å². The zero-order chi connectivity index (χ0) is 13.1. The van der Waals surface area contributed by atoms with Gasteiger partial charge in [-0.05, 0) is 29.8 Å². The quantitative estimate of drug-likeness (QED) is 0.637. The summed E-state index contributed by atoms with van der Waals surface area (Å²) in [6, 6.07) is 9.76. The van der Waals surface area contributed by atoms with E-state index in [0.717, 1.165) is 5.56 Å². The van der Waals surface area contributed by atoms with Crippen molar-refractivity contribution in [2.75, 3.05) is 5.73 Å². The Morgan fingerprint density at radius 1 is 1.17 bits per heavy atom. The van der Waals surface area contributed by atoms with Crippen molar-refractivity contribution >= 4 is 40.7 Å². The average Bonchev–Trinajstić information content (AvgIpc) is 2.35. The molecule has 94 valence electrons. The van der Waals surface area contributed by atoms with Crippen LogP contribution in [-0.4, -0.2) is 0 Å². The molecule has 0 atom stereocenters. The van der Waals surface area contributed by atoms with Crippen LogP contribution >= 0.6 is 35.0 Å². The number of benzene rings is 2. The highest BCUT2D eigenvalue weighted by Crippen LogP contribution is 2.33. The van der Waals surface area contributed by atoms with Crippen molar-refractivity contribution in [3.63, 3.8) is 0 Å². The van der Waals surface area contributed by atoms with Crippen LogP contribution in [0.1, 0.15) is 5.56 Å². The van der Waals surface area contributed by atoms with Crippen molar-refractivity contribution in [2.24, 2.45) is 0 Å². The molecule has 2 N–H and O–H groups in total. The van der Waals surface area contributed by atoms with E-state index in [4.69, 9.17) is 28.9 Å². The molecule has 5 heteroatoms. The van der Waals surface area contributed by atoms with Gasteiger partial charge in [-0.2, -0.15) is 0 Å². The van der Waals surface area contributed by atoms with Gasteiger partial charge in [-0.25, -0.2) is 4.39 Å². The van der Waals surface area contributed by atoms with Crippen LogP contribution in [0, 0.1) is 5.82 Å². The van der Waals surface area contributed by atoms with E-state index in [-0.39, 0.29) is 5.82 Å². The second-order valence-electron chi connectivity index (χ2n) is 3.68. The fourth-order valence-electron chi connectivity index (χ4n) is 1.45. The zero-order valence-electron chi connectivity index (χ0n) is 9.29. The average molecular weight is 302 g/mol. The van der Waals surface area contributed by atoms with E-state index in [1.165, 1.54) is 23.9 Å². The Morgan fingerprint density at radius 2 is 1.94 bits per heavy atom. The van der Waals surface area contributed by atoms with Crippen LogP contribution in [-0.2, 0) is 5.75 Å². The summed E-state index contributed by atoms with van der Waals surface area (Å²) in [5, 5.41) is 1.05. The Labute approximate surface area is 119 Å². The Bertz CT molecular complexity index is 573. The number of hydrogen-bond acceptors (Lipinski definition) is 2. The molecule has 0 radical (unpaired) electrons. The van der Waals surface area contributed by atoms with Gasteiger partial charge >= 0.3 is 0 Å². The fourth-order valence-corrected chi connectivity index (χ4v) is 2.90. The molecular formula is C13H10Cl2FNS. The van der Waals surface area contributed by atoms with E-state index in [2.05, 4.69) is 0 Å². The first kappa shape index (κ1) is 13.5. The van der Waals surface area contributed by atoms with Gasteiger partial charge in [0.05, 0.1) is 10.0 Å². The Kier molecular flexibility index (Phi) is 4.38. The van der Waals surface area contributed by atoms with E-state index in [0.29, 0.717) is 26.4 Å². The second-order valence-corrected chi connectivity index (χ2v) is 5.49. The molecule has 1 nitrogen and oxygen atoms in total. The van der Waals surface area contributed by atoms with Crippen LogP contribution in [0.4, 0.5) is 10.1 Å². The highest BCUT2D eigenvalue weighted by atomic mass is 35.5. The van der Waals surface area contributed by atoms with Crippen LogP contribution in [0.3, 0.4) is 0 Å². The summed E-state index contributed by atoms with van der Waals surface area (Å²) in [7, 11) is 0. The van der Waals surface area contributed by atoms with Gasteiger partial charge in [0.2, 0.25) is 0 Å². The SMILES string of the molecule is Nc1ccc(F)cc1SCc1cccc(Cl)c1Cl. The van der Waals surface area contributed by atoms with Gasteiger partial charge in [0.15, 0.2) is 0 Å². The number of halogens is 3. The Balaban J connectivity index is 2.16. The lowest BCUT2D eigenvalue weighted by atomic mass is 10.2. The van der Waals surface area contributed by atoms with E-state index in [9.17, 15) is 4.39 Å². The monoisotopic (exact) mass is 301 g/mol. The standard InChI is InChI=1S/C13H10Cl2FNS/c14-10-3-1-2-8(13(10)15)7-18-12-6-9(16)4-5-11(12)17/h1-6H,7,17H2. The van der Waals surface area contributed by atoms with Crippen molar-refractivity contribution in [3.8, 4) is 0 Å². The Morgan fingerprint density at radius 3 is 2.72 bits per heavy atom. The van der Waals surface area contributed by atoms with Crippen LogP contribution in [0.5, 0.6) is 0 Å². The molecule has 0 aliphatic rings. The molecule has 0 bridgehead atoms. The minimum Gasteiger partial charge on any atom is -0.398 e. The van der Waals surface area contributed by atoms with Gasteiger partial charge in [-0.3, -0.25) is 0 Å². The number of thioether (sulfide) groups is 1. The van der Waals surface area contributed by atoms with Gasteiger partial charge in [0.1, 0.15) is 5.82 Å². The molecule has 0 amide bonds. The molecule has 0 saturated carbocycles. The molecule has 2 aromatic carbocycles. The van der Waals surface area contributed by atoms with Crippen LogP contribution in [0.15, 0.2) is 41.3 Å². The fraction of sp³-hybridized carbons (Fsp3) is 0.0769. The first-order chi connectivity index (χ1) is 8.58. The molecule has 0 aromatic heterocycles. The molecule has 0 aliphatic heterocycles. The van der Waals surface area contributed by atoms with Crippen LogP contribution in [0.2, 0.25) is 10.0 Å². The number of hydrogen-bond donors (Lipinski definition) is 1. The zero-order valence-corrected chi connectivity index (χ0v) is 11.6. The van der Waals surface area contributed by atoms with Gasteiger partial charge < -0.3 is 5.73 Å². The van der Waals surface area contributed by atoms with E-state index in [1.807, 2.05) is 12.1 Å². The third kappa shape index (κ3) is 3.10. The summed E-state index contributed by atoms with van der Waals surface area (Å²) in [4.78, 5) is 0.700. The predicted molar refractivity (Wildman–Crippen MR) is 76.8 cm³/mol. The highest BCUT2D eigenvalue weighted by Gasteiger charge is 2.07. The lowest BCUT2D eigenvalue weighted by Gasteiger charge is -2.07. The van der Waals surface area contributed by atoms with Gasteiger partial charge in [0.25, 0.3) is 0 Å². The van der Waals surface area contributed by atoms with Crippen molar-refractivity contribution in [2.45, 2.75) is 10.6 Å². The van der Waals surface area contributed by atoms with Gasteiger partial charge in [0, 0.05) is 16.3 Å². The second kappa shape index (κ2) is 5.83. The first-order valence-corrected chi connectivity index (χ1v) is 6.93. The third-order valence-electron chi connectivity index (χ3n) is 2.39. The van der Waals surface area contributed by atoms with Crippen LogP contribution < -0.4 is 5.73 Å². The lowest BCUT2D eigenvalue weighted by molar-refractivity contribution is 0.624. The lowest BCUT2D eigenvalue weighted by Crippen LogP contribution is -1.90. The van der Waals surface area contributed by atoms with E-state index < -0.39 is 0 Å². The maximum atomic E-state index is 13.1. The minimum absolute atomic E-state index is 0.302. The Hall–Kier alpha value is -0.900. The molecule has 0 unspecified atom stereocenters. The molecule has 0 heterocycles. The molecule has 0 fully saturated rings. The smallest absolute Gasteiger partial charge is 0.124 e. The largest absolute Gasteiger partial charge is 0.398 e. The van der Waals surface area contributed by atoms with Crippen LogP contribution in [0.25, 0.3) is 0 Å². The molecule has 2 aromatic rings. The minimum atomic E-state index is -0.302. The van der Waals surface area contributed by atoms with Crippen molar-refractivity contribution in [3.05, 3.63) is 57.8 Å². The van der Waals surface area contributed by atoms with Gasteiger partial charge in [-0.15, -0.1) is 11.8 Å². The number of nitrogens with two attached hydrogens (primary N) is 1. The highest BCUT2D eigenvalue weighted by molar-refractivity contribution is 7.98. The van der Waals surface area contributed by atoms with Crippen molar-refractivity contribution < 1.29 is 4.39 Å². The van der Waals surface area contributed by atoms with Crippen molar-refractivity contribution in [1.29, 1.82) is 0 Å². The van der Waals surface area contributed by atoms with E-state index >= 15 is 0 Å². The third-order valence-corrected chi connectivity index (χ3v) is 4.37. The predicted octanol–water partition coefficient (Wildman–Crippen LogP) is 5.01. The maximum absolute atomic E-state index is 13.1. The topological polar surface area (TPSA) is 26.0 Å². The summed E-state index contributed by atoms with van der Waals surface area (Å²) in [6.45, 7) is 0. The summed E-state index contributed by atoms with van der Waals surface area (Å²) >= 11 is 13.4. The first-order valence-electron chi connectivity index (χ1n) is 5.18. The molecule has 0 spiro atoms. The summed E-state index contributed by atoms with van der Waals surface area (Å²) in [5.41, 5.74) is 7.23. The van der Waals surface area contributed by atoms with Gasteiger partial charge in [-0.1, -0.05) is 35.3 Å². The number of anilines is 1. The van der Waals surface area contributed by atoms with E-state index in [1.54, 1.807) is 12.1 Å². The normalized spacial score (nSPS) is 10.6. The molecule has 18 heavy (non-hydrogen) atoms. The summed E-state index contributed by atoms with van der Waals surface area (Å²) < 4.78 is 13.1. The summed E-state index contributed by atoms with van der Waals surface area (Å²) in [5.74, 6) is 0.288. The molecule has 0 saturated heterocycles.